The third-order valence-electron chi connectivity index (χ3n) is 5.76. The summed E-state index contributed by atoms with van der Waals surface area (Å²) in [6, 6.07) is 20.1. The van der Waals surface area contributed by atoms with Crippen LogP contribution in [-0.2, 0) is 6.42 Å². The third kappa shape index (κ3) is 3.39. The van der Waals surface area contributed by atoms with Crippen LogP contribution in [0.15, 0.2) is 59.4 Å². The topological polar surface area (TPSA) is 73.6 Å². The molecule has 0 radical (unpaired) electrons. The molecule has 2 N–H and O–H groups in total. The molecule has 0 spiro atoms. The predicted molar refractivity (Wildman–Crippen MR) is 110 cm³/mol. The van der Waals surface area contributed by atoms with Gasteiger partial charge in [0.15, 0.2) is 0 Å². The summed E-state index contributed by atoms with van der Waals surface area (Å²) >= 11 is 0. The molecule has 2 aromatic carbocycles. The summed E-state index contributed by atoms with van der Waals surface area (Å²) in [4.78, 5) is 16.0. The monoisotopic (exact) mass is 372 g/mol. The van der Waals surface area contributed by atoms with E-state index in [2.05, 4.69) is 16.4 Å². The number of aromatic amines is 1. The SMILES string of the molecule is Cc1c(-c2ccccc2)[nH]c(=O)n1C1CCNCC1Cc1ccccc1C#N. The molecule has 0 amide bonds. The largest absolute Gasteiger partial charge is 0.326 e. The first kappa shape index (κ1) is 18.3. The van der Waals surface area contributed by atoms with E-state index in [1.54, 1.807) is 0 Å². The lowest BCUT2D eigenvalue weighted by molar-refractivity contribution is 0.246. The number of aromatic nitrogens is 2. The van der Waals surface area contributed by atoms with E-state index in [0.29, 0.717) is 0 Å². The van der Waals surface area contributed by atoms with E-state index in [9.17, 15) is 10.1 Å². The Morgan fingerprint density at radius 3 is 2.68 bits per heavy atom. The van der Waals surface area contributed by atoms with Crippen LogP contribution in [0.1, 0.15) is 29.3 Å². The first-order chi connectivity index (χ1) is 13.7. The molecule has 3 aromatic rings. The molecule has 0 aliphatic carbocycles. The number of rotatable bonds is 4. The zero-order chi connectivity index (χ0) is 19.5. The van der Waals surface area contributed by atoms with Crippen LogP contribution >= 0.6 is 0 Å². The van der Waals surface area contributed by atoms with E-state index < -0.39 is 0 Å². The van der Waals surface area contributed by atoms with Gasteiger partial charge in [-0.1, -0.05) is 48.5 Å². The maximum atomic E-state index is 12.9. The summed E-state index contributed by atoms with van der Waals surface area (Å²) in [5.74, 6) is 0.249. The van der Waals surface area contributed by atoms with Crippen LogP contribution in [0.5, 0.6) is 0 Å². The molecule has 1 aliphatic rings. The van der Waals surface area contributed by atoms with E-state index >= 15 is 0 Å². The van der Waals surface area contributed by atoms with Crippen molar-refractivity contribution in [2.24, 2.45) is 5.92 Å². The second-order valence-corrected chi connectivity index (χ2v) is 7.42. The first-order valence-corrected chi connectivity index (χ1v) is 9.74. The van der Waals surface area contributed by atoms with Crippen LogP contribution in [0.3, 0.4) is 0 Å². The Balaban J connectivity index is 1.70. The highest BCUT2D eigenvalue weighted by molar-refractivity contribution is 5.61. The number of benzene rings is 2. The van der Waals surface area contributed by atoms with Gasteiger partial charge in [-0.3, -0.25) is 4.57 Å². The maximum absolute atomic E-state index is 12.9. The molecule has 142 valence electrons. The van der Waals surface area contributed by atoms with Crippen LogP contribution in [0, 0.1) is 24.2 Å². The van der Waals surface area contributed by atoms with Crippen molar-refractivity contribution in [3.05, 3.63) is 81.9 Å². The van der Waals surface area contributed by atoms with E-state index in [-0.39, 0.29) is 17.6 Å². The van der Waals surface area contributed by atoms with Crippen LogP contribution in [0.2, 0.25) is 0 Å². The lowest BCUT2D eigenvalue weighted by Crippen LogP contribution is -2.42. The zero-order valence-corrected chi connectivity index (χ0v) is 16.0. The van der Waals surface area contributed by atoms with Gasteiger partial charge in [0.25, 0.3) is 0 Å². The van der Waals surface area contributed by atoms with Crippen molar-refractivity contribution in [3.63, 3.8) is 0 Å². The van der Waals surface area contributed by atoms with E-state index in [0.717, 1.165) is 54.0 Å². The molecule has 2 heterocycles. The Kier molecular flexibility index (Phi) is 5.14. The molecular formula is C23H24N4O. The summed E-state index contributed by atoms with van der Waals surface area (Å²) in [5, 5.41) is 12.9. The molecule has 1 aromatic heterocycles. The van der Waals surface area contributed by atoms with Crippen molar-refractivity contribution in [2.75, 3.05) is 13.1 Å². The molecule has 0 bridgehead atoms. The van der Waals surface area contributed by atoms with Crippen LogP contribution in [0.4, 0.5) is 0 Å². The molecule has 2 unspecified atom stereocenters. The maximum Gasteiger partial charge on any atom is 0.326 e. The molecule has 4 rings (SSSR count). The van der Waals surface area contributed by atoms with Gasteiger partial charge in [0.2, 0.25) is 0 Å². The molecule has 5 heteroatoms. The molecule has 1 fully saturated rings. The summed E-state index contributed by atoms with van der Waals surface area (Å²) in [6.45, 7) is 3.74. The molecule has 1 aliphatic heterocycles. The minimum atomic E-state index is -0.0539. The van der Waals surface area contributed by atoms with Crippen LogP contribution in [-0.4, -0.2) is 22.6 Å². The fourth-order valence-corrected chi connectivity index (χ4v) is 4.36. The van der Waals surface area contributed by atoms with Gasteiger partial charge in [-0.15, -0.1) is 0 Å². The third-order valence-corrected chi connectivity index (χ3v) is 5.76. The Bertz CT molecular complexity index is 1060. The van der Waals surface area contributed by atoms with E-state index in [4.69, 9.17) is 0 Å². The second kappa shape index (κ2) is 7.87. The van der Waals surface area contributed by atoms with Gasteiger partial charge < -0.3 is 10.3 Å². The van der Waals surface area contributed by atoms with Crippen molar-refractivity contribution in [1.82, 2.24) is 14.9 Å². The molecule has 0 saturated carbocycles. The van der Waals surface area contributed by atoms with E-state index in [1.807, 2.05) is 66.1 Å². The van der Waals surface area contributed by atoms with Crippen molar-refractivity contribution < 1.29 is 0 Å². The predicted octanol–water partition coefficient (Wildman–Crippen LogP) is 3.42. The highest BCUT2D eigenvalue weighted by Gasteiger charge is 2.30. The first-order valence-electron chi connectivity index (χ1n) is 9.74. The van der Waals surface area contributed by atoms with Gasteiger partial charge in [0.1, 0.15) is 0 Å². The van der Waals surface area contributed by atoms with Crippen molar-refractivity contribution in [2.45, 2.75) is 25.8 Å². The number of imidazole rings is 1. The van der Waals surface area contributed by atoms with Crippen molar-refractivity contribution >= 4 is 0 Å². The minimum absolute atomic E-state index is 0.0539. The van der Waals surface area contributed by atoms with Gasteiger partial charge in [-0.2, -0.15) is 5.26 Å². The Hall–Kier alpha value is -3.10. The molecule has 2 atom stereocenters. The Morgan fingerprint density at radius 1 is 1.14 bits per heavy atom. The zero-order valence-electron chi connectivity index (χ0n) is 16.0. The van der Waals surface area contributed by atoms with Gasteiger partial charge in [0, 0.05) is 18.3 Å². The smallest absolute Gasteiger partial charge is 0.316 e. The number of piperidine rings is 1. The second-order valence-electron chi connectivity index (χ2n) is 7.42. The average Bonchev–Trinajstić information content (AvgIpc) is 3.03. The molecule has 5 nitrogen and oxygen atoms in total. The van der Waals surface area contributed by atoms with Gasteiger partial charge in [-0.25, -0.2) is 4.79 Å². The fraction of sp³-hybridized carbons (Fsp3) is 0.304. The molecule has 1 saturated heterocycles. The Morgan fingerprint density at radius 2 is 1.89 bits per heavy atom. The van der Waals surface area contributed by atoms with Gasteiger partial charge >= 0.3 is 5.69 Å². The molecule has 28 heavy (non-hydrogen) atoms. The number of H-pyrrole nitrogens is 1. The van der Waals surface area contributed by atoms with Crippen LogP contribution in [0.25, 0.3) is 11.3 Å². The van der Waals surface area contributed by atoms with E-state index in [1.165, 1.54) is 0 Å². The quantitative estimate of drug-likeness (QED) is 0.737. The van der Waals surface area contributed by atoms with Gasteiger partial charge in [-0.05, 0) is 49.4 Å². The number of hydrogen-bond acceptors (Lipinski definition) is 3. The minimum Gasteiger partial charge on any atom is -0.316 e. The van der Waals surface area contributed by atoms with Gasteiger partial charge in [0.05, 0.1) is 17.3 Å². The average molecular weight is 372 g/mol. The summed E-state index contributed by atoms with van der Waals surface area (Å²) in [7, 11) is 0. The highest BCUT2D eigenvalue weighted by Crippen LogP contribution is 2.31. The fourth-order valence-electron chi connectivity index (χ4n) is 4.36. The normalized spacial score (nSPS) is 19.3. The number of nitrogens with one attached hydrogen (secondary N) is 2. The molecular weight excluding hydrogens is 348 g/mol. The highest BCUT2D eigenvalue weighted by atomic mass is 16.1. The lowest BCUT2D eigenvalue weighted by Gasteiger charge is -2.33. The summed E-state index contributed by atoms with van der Waals surface area (Å²) in [5.41, 5.74) is 4.60. The Labute approximate surface area is 164 Å². The summed E-state index contributed by atoms with van der Waals surface area (Å²) < 4.78 is 1.93. The standard InChI is InChI=1S/C23H24N4O/c1-16-22(17-7-3-2-4-8-17)26-23(28)27(16)21-11-12-25-15-20(21)13-18-9-5-6-10-19(18)14-24/h2-10,20-21,25H,11-13,15H2,1H3,(H,26,28). The van der Waals surface area contributed by atoms with Crippen LogP contribution < -0.4 is 11.0 Å². The number of nitrogens with zero attached hydrogens (tertiary/aromatic N) is 2. The summed E-state index contributed by atoms with van der Waals surface area (Å²) in [6.07, 6.45) is 1.67. The number of hydrogen-bond donors (Lipinski definition) is 2. The lowest BCUT2D eigenvalue weighted by atomic mass is 9.86. The van der Waals surface area contributed by atoms with Crippen molar-refractivity contribution in [1.29, 1.82) is 5.26 Å². The van der Waals surface area contributed by atoms with Crippen molar-refractivity contribution in [3.8, 4) is 17.3 Å². The number of nitriles is 1.